The van der Waals surface area contributed by atoms with E-state index in [9.17, 15) is 9.18 Å². The number of hydrogen-bond donors (Lipinski definition) is 0. The van der Waals surface area contributed by atoms with Gasteiger partial charge in [0.1, 0.15) is 0 Å². The van der Waals surface area contributed by atoms with Crippen molar-refractivity contribution < 1.29 is 4.39 Å². The average molecular weight is 161 g/mol. The maximum atomic E-state index is 11.6. The van der Waals surface area contributed by atoms with Gasteiger partial charge in [-0.25, -0.2) is 0 Å². The van der Waals surface area contributed by atoms with Crippen LogP contribution >= 0.6 is 11.3 Å². The molecule has 0 radical (unpaired) electrons. The Balaban J connectivity index is 2.57. The molecule has 10 heavy (non-hydrogen) atoms. The van der Waals surface area contributed by atoms with Crippen LogP contribution in [0.2, 0.25) is 0 Å². The van der Waals surface area contributed by atoms with Crippen LogP contribution in [0.3, 0.4) is 0 Å². The van der Waals surface area contributed by atoms with Gasteiger partial charge in [-0.1, -0.05) is 11.3 Å². The van der Waals surface area contributed by atoms with Gasteiger partial charge in [-0.2, -0.15) is 0 Å². The maximum Gasteiger partial charge on any atom is 0.307 e. The van der Waals surface area contributed by atoms with Gasteiger partial charge in [0.15, 0.2) is 0 Å². The molecule has 1 aromatic rings. The molecular formula is C6H8FNOS. The molecule has 0 N–H and O–H groups in total. The van der Waals surface area contributed by atoms with E-state index in [-0.39, 0.29) is 11.5 Å². The first kappa shape index (κ1) is 7.47. The molecule has 0 spiro atoms. The Labute approximate surface area is 61.9 Å². The lowest BCUT2D eigenvalue weighted by Gasteiger charge is -1.94. The third kappa shape index (κ3) is 1.67. The number of aryl methyl sites for hydroxylation is 1. The van der Waals surface area contributed by atoms with Crippen molar-refractivity contribution in [3.8, 4) is 0 Å². The van der Waals surface area contributed by atoms with E-state index >= 15 is 0 Å². The van der Waals surface area contributed by atoms with Gasteiger partial charge in [0.05, 0.1) is 6.67 Å². The highest BCUT2D eigenvalue weighted by Gasteiger charge is 1.93. The van der Waals surface area contributed by atoms with Crippen LogP contribution in [0.4, 0.5) is 4.39 Å². The summed E-state index contributed by atoms with van der Waals surface area (Å²) in [7, 11) is 0. The molecule has 0 unspecified atom stereocenters. The van der Waals surface area contributed by atoms with Crippen LogP contribution < -0.4 is 4.87 Å². The summed E-state index contributed by atoms with van der Waals surface area (Å²) < 4.78 is 13.1. The van der Waals surface area contributed by atoms with Crippen LogP contribution in [0.25, 0.3) is 0 Å². The maximum absolute atomic E-state index is 11.6. The second-order valence-electron chi connectivity index (χ2n) is 1.90. The highest BCUT2D eigenvalue weighted by Crippen LogP contribution is 1.91. The van der Waals surface area contributed by atoms with Gasteiger partial charge >= 0.3 is 4.87 Å². The zero-order valence-corrected chi connectivity index (χ0v) is 6.23. The summed E-state index contributed by atoms with van der Waals surface area (Å²) in [6.07, 6.45) is 2.11. The highest BCUT2D eigenvalue weighted by atomic mass is 32.1. The molecule has 0 bridgehead atoms. The minimum absolute atomic E-state index is 0.00606. The predicted octanol–water partition coefficient (Wildman–Crippen LogP) is 1.27. The average Bonchev–Trinajstić information content (AvgIpc) is 2.31. The molecule has 0 amide bonds. The van der Waals surface area contributed by atoms with Gasteiger partial charge in [0.25, 0.3) is 0 Å². The fourth-order valence-corrected chi connectivity index (χ4v) is 1.30. The zero-order valence-electron chi connectivity index (χ0n) is 5.42. The van der Waals surface area contributed by atoms with Crippen LogP contribution in [0.15, 0.2) is 16.4 Å². The molecule has 1 aromatic heterocycles. The SMILES string of the molecule is O=c1sccn1CCCF. The lowest BCUT2D eigenvalue weighted by atomic mass is 10.5. The number of aromatic nitrogens is 1. The summed E-state index contributed by atoms with van der Waals surface area (Å²) in [6, 6.07) is 0. The number of nitrogens with zero attached hydrogens (tertiary/aromatic N) is 1. The number of alkyl halides is 1. The summed E-state index contributed by atoms with van der Waals surface area (Å²) in [5.41, 5.74) is 0. The Morgan fingerprint density at radius 1 is 1.70 bits per heavy atom. The van der Waals surface area contributed by atoms with E-state index in [1.54, 1.807) is 11.6 Å². The number of hydrogen-bond acceptors (Lipinski definition) is 2. The second-order valence-corrected chi connectivity index (χ2v) is 2.76. The van der Waals surface area contributed by atoms with Crippen LogP contribution in [0, 0.1) is 0 Å². The first-order valence-corrected chi connectivity index (χ1v) is 3.92. The van der Waals surface area contributed by atoms with Crippen molar-refractivity contribution in [2.24, 2.45) is 0 Å². The third-order valence-corrected chi connectivity index (χ3v) is 1.87. The molecule has 0 saturated heterocycles. The van der Waals surface area contributed by atoms with Crippen LogP contribution in [-0.2, 0) is 6.54 Å². The minimum atomic E-state index is -0.359. The van der Waals surface area contributed by atoms with Crippen LogP contribution in [0.5, 0.6) is 0 Å². The van der Waals surface area contributed by atoms with E-state index in [2.05, 4.69) is 0 Å². The topological polar surface area (TPSA) is 22.0 Å². The van der Waals surface area contributed by atoms with Crippen molar-refractivity contribution in [2.75, 3.05) is 6.67 Å². The third-order valence-electron chi connectivity index (χ3n) is 1.18. The number of thiazole rings is 1. The van der Waals surface area contributed by atoms with Gasteiger partial charge in [-0.3, -0.25) is 9.18 Å². The van der Waals surface area contributed by atoms with Crippen LogP contribution in [0.1, 0.15) is 6.42 Å². The quantitative estimate of drug-likeness (QED) is 0.654. The van der Waals surface area contributed by atoms with E-state index in [0.29, 0.717) is 13.0 Å². The first-order chi connectivity index (χ1) is 4.84. The summed E-state index contributed by atoms with van der Waals surface area (Å²) in [4.78, 5) is 10.8. The second kappa shape index (κ2) is 3.51. The molecule has 4 heteroatoms. The number of rotatable bonds is 3. The lowest BCUT2D eigenvalue weighted by molar-refractivity contribution is 0.445. The molecule has 1 rings (SSSR count). The zero-order chi connectivity index (χ0) is 7.40. The Morgan fingerprint density at radius 3 is 3.00 bits per heavy atom. The molecule has 0 aliphatic heterocycles. The van der Waals surface area contributed by atoms with E-state index in [4.69, 9.17) is 0 Å². The largest absolute Gasteiger partial charge is 0.307 e. The van der Waals surface area contributed by atoms with Crippen molar-refractivity contribution >= 4 is 11.3 Å². The molecule has 1 heterocycles. The monoisotopic (exact) mass is 161 g/mol. The van der Waals surface area contributed by atoms with Crippen molar-refractivity contribution in [1.29, 1.82) is 0 Å². The van der Waals surface area contributed by atoms with E-state index in [0.717, 1.165) is 11.3 Å². The molecular weight excluding hydrogens is 153 g/mol. The van der Waals surface area contributed by atoms with Gasteiger partial charge in [0, 0.05) is 18.1 Å². The lowest BCUT2D eigenvalue weighted by Crippen LogP contribution is -2.11. The Kier molecular flexibility index (Phi) is 2.62. The normalized spacial score (nSPS) is 10.1. The summed E-state index contributed by atoms with van der Waals surface area (Å²) >= 11 is 1.14. The van der Waals surface area contributed by atoms with Crippen molar-refractivity contribution in [1.82, 2.24) is 4.57 Å². The van der Waals surface area contributed by atoms with Gasteiger partial charge in [0.2, 0.25) is 0 Å². The Morgan fingerprint density at radius 2 is 2.50 bits per heavy atom. The summed E-state index contributed by atoms with van der Waals surface area (Å²) in [5, 5.41) is 1.71. The summed E-state index contributed by atoms with van der Waals surface area (Å²) in [6.45, 7) is 0.140. The van der Waals surface area contributed by atoms with Gasteiger partial charge in [-0.05, 0) is 6.42 Å². The Hall–Kier alpha value is -0.640. The molecule has 0 saturated carbocycles. The van der Waals surface area contributed by atoms with E-state index < -0.39 is 0 Å². The number of halogens is 1. The minimum Gasteiger partial charge on any atom is -0.306 e. The molecule has 0 aliphatic carbocycles. The van der Waals surface area contributed by atoms with E-state index in [1.807, 2.05) is 0 Å². The van der Waals surface area contributed by atoms with Gasteiger partial charge in [-0.15, -0.1) is 0 Å². The molecule has 56 valence electrons. The van der Waals surface area contributed by atoms with Crippen molar-refractivity contribution in [3.05, 3.63) is 21.2 Å². The summed E-state index contributed by atoms with van der Waals surface area (Å²) in [5.74, 6) is 0. The van der Waals surface area contributed by atoms with Crippen molar-refractivity contribution in [3.63, 3.8) is 0 Å². The molecule has 0 atom stereocenters. The molecule has 0 fully saturated rings. The fraction of sp³-hybridized carbons (Fsp3) is 0.500. The van der Waals surface area contributed by atoms with Crippen molar-refractivity contribution in [2.45, 2.75) is 13.0 Å². The fourth-order valence-electron chi connectivity index (χ4n) is 0.687. The Bertz CT molecular complexity index is 242. The van der Waals surface area contributed by atoms with E-state index in [1.165, 1.54) is 4.57 Å². The van der Waals surface area contributed by atoms with Gasteiger partial charge < -0.3 is 4.57 Å². The van der Waals surface area contributed by atoms with Crippen LogP contribution in [-0.4, -0.2) is 11.2 Å². The first-order valence-electron chi connectivity index (χ1n) is 3.04. The standard InChI is InChI=1S/C6H8FNOS/c7-2-1-3-8-4-5-10-6(8)9/h4-5H,1-3H2. The molecule has 0 aliphatic rings. The highest BCUT2D eigenvalue weighted by molar-refractivity contribution is 7.07. The molecule has 2 nitrogen and oxygen atoms in total. The predicted molar refractivity (Wildman–Crippen MR) is 39.2 cm³/mol. The molecule has 0 aromatic carbocycles. The smallest absolute Gasteiger partial charge is 0.306 e.